The Morgan fingerprint density at radius 3 is 2.32 bits per heavy atom. The molecule has 0 aliphatic rings. The largest absolute Gasteiger partial charge is 0.495 e. The summed E-state index contributed by atoms with van der Waals surface area (Å²) < 4.78 is 5.23. The third-order valence-corrected chi connectivity index (χ3v) is 3.46. The molecule has 0 fully saturated rings. The molecule has 1 aromatic rings. The highest BCUT2D eigenvalue weighted by atomic mass is 16.5. The summed E-state index contributed by atoms with van der Waals surface area (Å²) in [6.07, 6.45) is 0. The van der Waals surface area contributed by atoms with Crippen molar-refractivity contribution >= 4 is 17.6 Å². The lowest BCUT2D eigenvalue weighted by Crippen LogP contribution is -2.39. The number of nitrogens with one attached hydrogen (secondary N) is 2. The number of nitrogens with zero attached hydrogens (tertiary/aromatic N) is 1. The molecule has 1 unspecified atom stereocenters. The Morgan fingerprint density at radius 1 is 1.18 bits per heavy atom. The van der Waals surface area contributed by atoms with Crippen molar-refractivity contribution < 1.29 is 14.3 Å². The van der Waals surface area contributed by atoms with E-state index in [-0.39, 0.29) is 18.0 Å². The van der Waals surface area contributed by atoms with Gasteiger partial charge < -0.3 is 20.3 Å². The van der Waals surface area contributed by atoms with Crippen molar-refractivity contribution in [1.82, 2.24) is 10.2 Å². The van der Waals surface area contributed by atoms with Gasteiger partial charge in [0, 0.05) is 25.7 Å². The molecule has 6 heteroatoms. The van der Waals surface area contributed by atoms with E-state index in [0.29, 0.717) is 22.9 Å². The van der Waals surface area contributed by atoms with Crippen LogP contribution in [0.1, 0.15) is 31.1 Å². The minimum atomic E-state index is -0.325. The van der Waals surface area contributed by atoms with E-state index < -0.39 is 0 Å². The second kappa shape index (κ2) is 7.68. The average molecular weight is 307 g/mol. The second-order valence-electron chi connectivity index (χ2n) is 5.75. The van der Waals surface area contributed by atoms with Crippen molar-refractivity contribution in [2.45, 2.75) is 26.8 Å². The molecule has 0 aromatic heterocycles. The van der Waals surface area contributed by atoms with Crippen LogP contribution in [0.3, 0.4) is 0 Å². The van der Waals surface area contributed by atoms with Gasteiger partial charge in [0.25, 0.3) is 5.91 Å². The van der Waals surface area contributed by atoms with Crippen molar-refractivity contribution in [2.75, 3.05) is 26.5 Å². The molecule has 0 radical (unpaired) electrons. The number of hydrogen-bond acceptors (Lipinski definition) is 3. The van der Waals surface area contributed by atoms with Gasteiger partial charge in [-0.05, 0) is 31.0 Å². The molecular weight excluding hydrogens is 282 g/mol. The maximum Gasteiger partial charge on any atom is 0.319 e. The van der Waals surface area contributed by atoms with E-state index >= 15 is 0 Å². The zero-order valence-electron chi connectivity index (χ0n) is 14.1. The Morgan fingerprint density at radius 2 is 1.82 bits per heavy atom. The molecule has 0 saturated heterocycles. The Labute approximate surface area is 131 Å². The average Bonchev–Trinajstić information content (AvgIpc) is 2.45. The third kappa shape index (κ3) is 4.65. The monoisotopic (exact) mass is 307 g/mol. The van der Waals surface area contributed by atoms with Gasteiger partial charge in [-0.15, -0.1) is 0 Å². The number of carbonyl (C=O) groups is 2. The smallest absolute Gasteiger partial charge is 0.319 e. The fourth-order valence-electron chi connectivity index (χ4n) is 1.73. The Balaban J connectivity index is 2.94. The van der Waals surface area contributed by atoms with E-state index in [1.54, 1.807) is 32.3 Å². The lowest BCUT2D eigenvalue weighted by molar-refractivity contribution is 0.0827. The topological polar surface area (TPSA) is 70.7 Å². The van der Waals surface area contributed by atoms with E-state index in [4.69, 9.17) is 4.74 Å². The number of urea groups is 1. The van der Waals surface area contributed by atoms with Crippen LogP contribution >= 0.6 is 0 Å². The number of hydrogen-bond donors (Lipinski definition) is 2. The number of rotatable bonds is 5. The standard InChI is InChI=1S/C16H25N3O3/c1-10(2)11(3)17-16(21)18-13-9-12(15(20)19(4)5)7-8-14(13)22-6/h7-11H,1-6H3,(H2,17,18,21). The molecule has 0 aliphatic carbocycles. The van der Waals surface area contributed by atoms with E-state index in [0.717, 1.165) is 0 Å². The molecular formula is C16H25N3O3. The van der Waals surface area contributed by atoms with Gasteiger partial charge in [-0.25, -0.2) is 4.79 Å². The van der Waals surface area contributed by atoms with E-state index in [1.165, 1.54) is 12.0 Å². The highest BCUT2D eigenvalue weighted by Crippen LogP contribution is 2.26. The van der Waals surface area contributed by atoms with Crippen LogP contribution in [-0.4, -0.2) is 44.1 Å². The Kier molecular flexibility index (Phi) is 6.22. The molecule has 0 spiro atoms. The molecule has 3 amide bonds. The molecule has 0 aliphatic heterocycles. The predicted molar refractivity (Wildman–Crippen MR) is 87.5 cm³/mol. The van der Waals surface area contributed by atoms with E-state index in [9.17, 15) is 9.59 Å². The van der Waals surface area contributed by atoms with Crippen molar-refractivity contribution in [3.63, 3.8) is 0 Å². The minimum Gasteiger partial charge on any atom is -0.495 e. The summed E-state index contributed by atoms with van der Waals surface area (Å²) in [5, 5.41) is 5.59. The summed E-state index contributed by atoms with van der Waals surface area (Å²) >= 11 is 0. The first-order valence-corrected chi connectivity index (χ1v) is 7.23. The van der Waals surface area contributed by atoms with Crippen molar-refractivity contribution in [2.24, 2.45) is 5.92 Å². The molecule has 0 heterocycles. The van der Waals surface area contributed by atoms with Crippen LogP contribution < -0.4 is 15.4 Å². The van der Waals surface area contributed by atoms with Gasteiger partial charge >= 0.3 is 6.03 Å². The number of carbonyl (C=O) groups excluding carboxylic acids is 2. The summed E-state index contributed by atoms with van der Waals surface area (Å²) in [4.78, 5) is 25.5. The fraction of sp³-hybridized carbons (Fsp3) is 0.500. The molecule has 22 heavy (non-hydrogen) atoms. The number of benzene rings is 1. The van der Waals surface area contributed by atoms with Crippen LogP contribution in [-0.2, 0) is 0 Å². The molecule has 122 valence electrons. The SMILES string of the molecule is COc1ccc(C(=O)N(C)C)cc1NC(=O)NC(C)C(C)C. The van der Waals surface area contributed by atoms with Gasteiger partial charge in [0.05, 0.1) is 12.8 Å². The van der Waals surface area contributed by atoms with Crippen molar-refractivity contribution in [1.29, 1.82) is 0 Å². The van der Waals surface area contributed by atoms with Crippen molar-refractivity contribution in [3.8, 4) is 5.75 Å². The third-order valence-electron chi connectivity index (χ3n) is 3.46. The summed E-state index contributed by atoms with van der Waals surface area (Å²) in [5.74, 6) is 0.693. The number of methoxy groups -OCH3 is 1. The summed E-state index contributed by atoms with van der Waals surface area (Å²) in [7, 11) is 4.87. The molecule has 6 nitrogen and oxygen atoms in total. The van der Waals surface area contributed by atoms with Crippen molar-refractivity contribution in [3.05, 3.63) is 23.8 Å². The van der Waals surface area contributed by atoms with Gasteiger partial charge in [-0.3, -0.25) is 4.79 Å². The number of ether oxygens (including phenoxy) is 1. The highest BCUT2D eigenvalue weighted by molar-refractivity contribution is 5.97. The lowest BCUT2D eigenvalue weighted by Gasteiger charge is -2.19. The van der Waals surface area contributed by atoms with Crippen LogP contribution in [0.2, 0.25) is 0 Å². The van der Waals surface area contributed by atoms with Gasteiger partial charge in [0.1, 0.15) is 5.75 Å². The molecule has 1 atom stereocenters. The number of amides is 3. The summed E-state index contributed by atoms with van der Waals surface area (Å²) in [5.41, 5.74) is 0.946. The normalized spacial score (nSPS) is 11.8. The molecule has 0 saturated carbocycles. The van der Waals surface area contributed by atoms with E-state index in [1.807, 2.05) is 20.8 Å². The van der Waals surface area contributed by atoms with Gasteiger partial charge in [0.15, 0.2) is 0 Å². The molecule has 0 bridgehead atoms. The Bertz CT molecular complexity index is 541. The maximum absolute atomic E-state index is 12.0. The second-order valence-corrected chi connectivity index (χ2v) is 5.75. The summed E-state index contributed by atoms with van der Waals surface area (Å²) in [6, 6.07) is 4.66. The first kappa shape index (κ1) is 17.8. The lowest BCUT2D eigenvalue weighted by atomic mass is 10.1. The van der Waals surface area contributed by atoms with Crippen LogP contribution in [0, 0.1) is 5.92 Å². The van der Waals surface area contributed by atoms with Crippen LogP contribution in [0.5, 0.6) is 5.75 Å². The van der Waals surface area contributed by atoms with Crippen LogP contribution in [0.4, 0.5) is 10.5 Å². The Hall–Kier alpha value is -2.24. The summed E-state index contributed by atoms with van der Waals surface area (Å²) in [6.45, 7) is 6.00. The zero-order valence-corrected chi connectivity index (χ0v) is 14.1. The van der Waals surface area contributed by atoms with E-state index in [2.05, 4.69) is 10.6 Å². The molecule has 1 aromatic carbocycles. The zero-order chi connectivity index (χ0) is 16.9. The minimum absolute atomic E-state index is 0.0394. The highest BCUT2D eigenvalue weighted by Gasteiger charge is 2.15. The quantitative estimate of drug-likeness (QED) is 0.878. The van der Waals surface area contributed by atoms with Gasteiger partial charge in [-0.2, -0.15) is 0 Å². The predicted octanol–water partition coefficient (Wildman–Crippen LogP) is 2.56. The maximum atomic E-state index is 12.0. The first-order chi connectivity index (χ1) is 10.3. The number of anilines is 1. The molecule has 1 rings (SSSR count). The molecule has 2 N–H and O–H groups in total. The van der Waals surface area contributed by atoms with Gasteiger partial charge in [-0.1, -0.05) is 13.8 Å². The van der Waals surface area contributed by atoms with Crippen LogP contribution in [0.15, 0.2) is 18.2 Å². The first-order valence-electron chi connectivity index (χ1n) is 7.23. The fourth-order valence-corrected chi connectivity index (χ4v) is 1.73. The van der Waals surface area contributed by atoms with Crippen LogP contribution in [0.25, 0.3) is 0 Å². The van der Waals surface area contributed by atoms with Gasteiger partial charge in [0.2, 0.25) is 0 Å².